The molecular formula is C24H34IN5O. The largest absolute Gasteiger partial charge is 0.357 e. The zero-order valence-corrected chi connectivity index (χ0v) is 21.0. The van der Waals surface area contributed by atoms with Crippen LogP contribution in [0.5, 0.6) is 0 Å². The lowest BCUT2D eigenvalue weighted by molar-refractivity contribution is -0.116. The molecule has 7 heteroatoms. The van der Waals surface area contributed by atoms with Gasteiger partial charge in [0.25, 0.3) is 0 Å². The fraction of sp³-hybridized carbons (Fsp3) is 0.417. The summed E-state index contributed by atoms with van der Waals surface area (Å²) in [7, 11) is 2.13. The van der Waals surface area contributed by atoms with Crippen molar-refractivity contribution in [3.63, 3.8) is 0 Å². The first-order valence-corrected chi connectivity index (χ1v) is 10.8. The number of carbonyl (C=O) groups is 1. The average molecular weight is 535 g/mol. The molecule has 168 valence electrons. The van der Waals surface area contributed by atoms with Crippen molar-refractivity contribution in [1.82, 2.24) is 15.5 Å². The van der Waals surface area contributed by atoms with Crippen molar-refractivity contribution in [3.8, 4) is 0 Å². The number of anilines is 1. The van der Waals surface area contributed by atoms with E-state index in [4.69, 9.17) is 4.99 Å². The van der Waals surface area contributed by atoms with E-state index in [2.05, 4.69) is 72.1 Å². The van der Waals surface area contributed by atoms with E-state index >= 15 is 0 Å². The van der Waals surface area contributed by atoms with Crippen LogP contribution in [0.3, 0.4) is 0 Å². The first-order valence-electron chi connectivity index (χ1n) is 10.8. The van der Waals surface area contributed by atoms with Gasteiger partial charge in [-0.05, 0) is 43.3 Å². The molecule has 0 spiro atoms. The Kier molecular flexibility index (Phi) is 10.3. The molecule has 0 saturated heterocycles. The van der Waals surface area contributed by atoms with E-state index in [0.29, 0.717) is 19.5 Å². The summed E-state index contributed by atoms with van der Waals surface area (Å²) in [5.74, 6) is 0.972. The van der Waals surface area contributed by atoms with Gasteiger partial charge in [-0.1, -0.05) is 49.4 Å². The number of halogens is 1. The molecule has 1 unspecified atom stereocenters. The Balaban J connectivity index is 0.00000341. The van der Waals surface area contributed by atoms with Crippen molar-refractivity contribution >= 4 is 41.5 Å². The fourth-order valence-corrected chi connectivity index (χ4v) is 3.67. The summed E-state index contributed by atoms with van der Waals surface area (Å²) in [6.07, 6.45) is 0.483. The number of hydrogen-bond donors (Lipinski definition) is 3. The Labute approximate surface area is 202 Å². The van der Waals surface area contributed by atoms with Crippen molar-refractivity contribution < 1.29 is 4.79 Å². The quantitative estimate of drug-likeness (QED) is 0.272. The molecule has 0 saturated carbocycles. The van der Waals surface area contributed by atoms with E-state index in [1.165, 1.54) is 16.7 Å². The SMILES string of the molecule is CCNC(=NCc1cccc(CN(C)CC)c1)NCC1CC(=O)Nc2ccccc21.I. The summed E-state index contributed by atoms with van der Waals surface area (Å²) in [6.45, 7) is 8.25. The standard InChI is InChI=1S/C24H33N5O.HI/c1-4-25-24(26-15-18-9-8-10-19(13-18)17-29(3)5-2)27-16-20-14-23(30)28-22-12-7-6-11-21(20)22;/h6-13,20H,4-5,14-17H2,1-3H3,(H,28,30)(H2,25,26,27);1H. The number of rotatable bonds is 8. The number of nitrogens with one attached hydrogen (secondary N) is 3. The number of nitrogens with zero attached hydrogens (tertiary/aromatic N) is 2. The molecule has 2 aromatic carbocycles. The van der Waals surface area contributed by atoms with Crippen molar-refractivity contribution in [3.05, 3.63) is 65.2 Å². The number of fused-ring (bicyclic) bond motifs is 1. The molecule has 0 fully saturated rings. The first kappa shape index (κ1) is 25.1. The molecule has 1 aliphatic heterocycles. The van der Waals surface area contributed by atoms with Crippen LogP contribution in [0.15, 0.2) is 53.5 Å². The summed E-state index contributed by atoms with van der Waals surface area (Å²) in [4.78, 5) is 19.1. The van der Waals surface area contributed by atoms with E-state index < -0.39 is 0 Å². The van der Waals surface area contributed by atoms with Gasteiger partial charge in [0.05, 0.1) is 6.54 Å². The second-order valence-corrected chi connectivity index (χ2v) is 7.76. The van der Waals surface area contributed by atoms with Gasteiger partial charge < -0.3 is 20.9 Å². The van der Waals surface area contributed by atoms with E-state index in [1.807, 2.05) is 18.2 Å². The van der Waals surface area contributed by atoms with Gasteiger partial charge in [0.1, 0.15) is 0 Å². The Hall–Kier alpha value is -2.13. The number of para-hydroxylation sites is 1. The predicted molar refractivity (Wildman–Crippen MR) is 139 cm³/mol. The highest BCUT2D eigenvalue weighted by molar-refractivity contribution is 14.0. The molecule has 0 bridgehead atoms. The normalized spacial score (nSPS) is 15.7. The van der Waals surface area contributed by atoms with Gasteiger partial charge >= 0.3 is 0 Å². The molecule has 3 rings (SSSR count). The zero-order chi connectivity index (χ0) is 21.3. The Morgan fingerprint density at radius 1 is 1.13 bits per heavy atom. The topological polar surface area (TPSA) is 68.8 Å². The highest BCUT2D eigenvalue weighted by Crippen LogP contribution is 2.31. The molecule has 1 aliphatic rings. The third-order valence-electron chi connectivity index (χ3n) is 5.37. The molecule has 6 nitrogen and oxygen atoms in total. The Morgan fingerprint density at radius 2 is 1.90 bits per heavy atom. The second kappa shape index (κ2) is 12.7. The van der Waals surface area contributed by atoms with E-state index in [0.717, 1.165) is 31.3 Å². The van der Waals surface area contributed by atoms with Crippen LogP contribution >= 0.6 is 24.0 Å². The van der Waals surface area contributed by atoms with Crippen LogP contribution < -0.4 is 16.0 Å². The summed E-state index contributed by atoms with van der Waals surface area (Å²) in [5.41, 5.74) is 4.58. The highest BCUT2D eigenvalue weighted by Gasteiger charge is 2.24. The Bertz CT molecular complexity index is 886. The third-order valence-corrected chi connectivity index (χ3v) is 5.37. The number of hydrogen-bond acceptors (Lipinski definition) is 3. The Morgan fingerprint density at radius 3 is 2.68 bits per heavy atom. The van der Waals surface area contributed by atoms with Crippen molar-refractivity contribution in [2.24, 2.45) is 4.99 Å². The van der Waals surface area contributed by atoms with Gasteiger partial charge in [-0.25, -0.2) is 4.99 Å². The molecule has 1 amide bonds. The van der Waals surface area contributed by atoms with Crippen LogP contribution in [0.1, 0.15) is 42.9 Å². The van der Waals surface area contributed by atoms with Gasteiger partial charge in [0.15, 0.2) is 5.96 Å². The fourth-order valence-electron chi connectivity index (χ4n) is 3.67. The summed E-state index contributed by atoms with van der Waals surface area (Å²) < 4.78 is 0. The van der Waals surface area contributed by atoms with E-state index in [-0.39, 0.29) is 35.8 Å². The van der Waals surface area contributed by atoms with Gasteiger partial charge in [-0.2, -0.15) is 0 Å². The highest BCUT2D eigenvalue weighted by atomic mass is 127. The number of carbonyl (C=O) groups excluding carboxylic acids is 1. The lowest BCUT2D eigenvalue weighted by Crippen LogP contribution is -2.40. The van der Waals surface area contributed by atoms with Crippen LogP contribution in [-0.4, -0.2) is 43.4 Å². The number of aliphatic imine (C=N–C) groups is 1. The number of guanidine groups is 1. The first-order chi connectivity index (χ1) is 14.6. The molecule has 3 N–H and O–H groups in total. The monoisotopic (exact) mass is 535 g/mol. The molecule has 31 heavy (non-hydrogen) atoms. The number of benzene rings is 2. The van der Waals surface area contributed by atoms with E-state index in [1.54, 1.807) is 0 Å². The van der Waals surface area contributed by atoms with Crippen LogP contribution in [-0.2, 0) is 17.9 Å². The van der Waals surface area contributed by atoms with Crippen molar-refractivity contribution in [1.29, 1.82) is 0 Å². The maximum atomic E-state index is 12.1. The molecule has 0 aromatic heterocycles. The van der Waals surface area contributed by atoms with Crippen LogP contribution in [0.2, 0.25) is 0 Å². The summed E-state index contributed by atoms with van der Waals surface area (Å²) in [5, 5.41) is 9.70. The second-order valence-electron chi connectivity index (χ2n) is 7.76. The molecule has 1 heterocycles. The van der Waals surface area contributed by atoms with Crippen molar-refractivity contribution in [2.45, 2.75) is 39.3 Å². The molecule has 0 radical (unpaired) electrons. The zero-order valence-electron chi connectivity index (χ0n) is 18.6. The lowest BCUT2D eigenvalue weighted by Gasteiger charge is -2.26. The van der Waals surface area contributed by atoms with Crippen molar-refractivity contribution in [2.75, 3.05) is 32.0 Å². The van der Waals surface area contributed by atoms with Gasteiger partial charge in [0.2, 0.25) is 5.91 Å². The minimum absolute atomic E-state index is 0. The molecule has 2 aromatic rings. The predicted octanol–water partition coefficient (Wildman–Crippen LogP) is 3.94. The average Bonchev–Trinajstić information content (AvgIpc) is 2.75. The maximum absolute atomic E-state index is 12.1. The maximum Gasteiger partial charge on any atom is 0.225 e. The summed E-state index contributed by atoms with van der Waals surface area (Å²) >= 11 is 0. The molecular weight excluding hydrogens is 501 g/mol. The number of amides is 1. The van der Waals surface area contributed by atoms with Crippen LogP contribution in [0.4, 0.5) is 5.69 Å². The van der Waals surface area contributed by atoms with Gasteiger partial charge in [0, 0.05) is 37.7 Å². The molecule has 1 atom stereocenters. The third kappa shape index (κ3) is 7.50. The lowest BCUT2D eigenvalue weighted by atomic mass is 9.90. The summed E-state index contributed by atoms with van der Waals surface area (Å²) in [6, 6.07) is 16.6. The smallest absolute Gasteiger partial charge is 0.225 e. The van der Waals surface area contributed by atoms with Crippen LogP contribution in [0, 0.1) is 0 Å². The molecule has 0 aliphatic carbocycles. The van der Waals surface area contributed by atoms with Gasteiger partial charge in [-0.3, -0.25) is 4.79 Å². The van der Waals surface area contributed by atoms with Gasteiger partial charge in [-0.15, -0.1) is 24.0 Å². The minimum Gasteiger partial charge on any atom is -0.357 e. The van der Waals surface area contributed by atoms with E-state index in [9.17, 15) is 4.79 Å². The van der Waals surface area contributed by atoms with Crippen LogP contribution in [0.25, 0.3) is 0 Å². The minimum atomic E-state index is 0.